The van der Waals surface area contributed by atoms with Crippen LogP contribution < -0.4 is 26.2 Å². The van der Waals surface area contributed by atoms with Gasteiger partial charge < -0.3 is 31.2 Å². The van der Waals surface area contributed by atoms with E-state index in [9.17, 15) is 27.6 Å². The van der Waals surface area contributed by atoms with Crippen molar-refractivity contribution in [1.29, 1.82) is 0 Å². The standard InChI is InChI=1S/C35H54N8O8S/c1-21(2)43-27-17-13-15-25(36)29(27)39-33(43)50-23-19-28(30(37)44)42(20-23)32(46)26(38-34(47)51-35(3,4)5)16-12-10-8-9-11-14-22-18-24(22)31(45)40-52(48,49)41(6)7/h11,13-15,17,21-24,26,28H,8-10,12,16,18-20,36H2,1-7H3,(H2,37,44)(H,38,47)(H,40,45)/b14-11-/t22-,23-,24+,26+,28+/m1/s1. The van der Waals surface area contributed by atoms with Gasteiger partial charge in [0.25, 0.3) is 6.01 Å². The zero-order chi connectivity index (χ0) is 38.5. The first-order valence-corrected chi connectivity index (χ1v) is 19.2. The molecule has 2 aromatic rings. The van der Waals surface area contributed by atoms with Gasteiger partial charge in [-0.05, 0) is 78.4 Å². The number of allylic oxidation sites excluding steroid dienone is 2. The molecule has 4 rings (SSSR count). The molecule has 1 aliphatic carbocycles. The third kappa shape index (κ3) is 10.4. The number of nitrogens with one attached hydrogen (secondary N) is 2. The highest BCUT2D eigenvalue weighted by atomic mass is 32.2. The van der Waals surface area contributed by atoms with Crippen molar-refractivity contribution in [1.82, 2.24) is 28.8 Å². The highest BCUT2D eigenvalue weighted by Gasteiger charge is 2.44. The van der Waals surface area contributed by atoms with Gasteiger partial charge in [-0.2, -0.15) is 17.7 Å². The van der Waals surface area contributed by atoms with E-state index in [-0.39, 0.29) is 30.8 Å². The number of hydrogen-bond acceptors (Lipinski definition) is 10. The Bertz CT molecular complexity index is 1770. The fourth-order valence-electron chi connectivity index (χ4n) is 6.23. The fourth-order valence-corrected chi connectivity index (χ4v) is 6.82. The molecule has 5 atom stereocenters. The predicted molar refractivity (Wildman–Crippen MR) is 196 cm³/mol. The van der Waals surface area contributed by atoms with Crippen LogP contribution in [0.2, 0.25) is 0 Å². The maximum absolute atomic E-state index is 14.0. The van der Waals surface area contributed by atoms with E-state index in [2.05, 4.69) is 15.0 Å². The lowest BCUT2D eigenvalue weighted by Crippen LogP contribution is -2.53. The molecule has 0 spiro atoms. The first-order valence-electron chi connectivity index (χ1n) is 17.7. The molecule has 0 bridgehead atoms. The van der Waals surface area contributed by atoms with Crippen molar-refractivity contribution < 1.29 is 37.1 Å². The number of nitrogen functional groups attached to an aromatic ring is 1. The molecule has 1 aliphatic heterocycles. The number of nitrogens with two attached hydrogens (primary N) is 2. The largest absolute Gasteiger partial charge is 0.459 e. The van der Waals surface area contributed by atoms with Crippen molar-refractivity contribution >= 4 is 50.7 Å². The fraction of sp³-hybridized carbons (Fsp3) is 0.629. The Balaban J connectivity index is 1.37. The number of para-hydroxylation sites is 1. The number of unbranched alkanes of at least 4 members (excludes halogenated alkanes) is 3. The first-order chi connectivity index (χ1) is 24.3. The summed E-state index contributed by atoms with van der Waals surface area (Å²) in [6.45, 7) is 9.21. The van der Waals surface area contributed by atoms with Gasteiger partial charge in [0.2, 0.25) is 17.7 Å². The smallest absolute Gasteiger partial charge is 0.408 e. The van der Waals surface area contributed by atoms with Crippen LogP contribution in [0.3, 0.4) is 0 Å². The van der Waals surface area contributed by atoms with E-state index < -0.39 is 57.8 Å². The number of alkyl carbamates (subject to hydrolysis) is 1. The summed E-state index contributed by atoms with van der Waals surface area (Å²) in [7, 11) is -1.11. The van der Waals surface area contributed by atoms with Crippen LogP contribution in [0, 0.1) is 11.8 Å². The number of hydrogen-bond donors (Lipinski definition) is 4. The minimum Gasteiger partial charge on any atom is -0.459 e. The van der Waals surface area contributed by atoms with Crippen molar-refractivity contribution in [3.05, 3.63) is 30.4 Å². The molecular formula is C35H54N8O8S. The summed E-state index contributed by atoms with van der Waals surface area (Å²) in [5.74, 6) is -2.03. The molecule has 52 heavy (non-hydrogen) atoms. The number of carbonyl (C=O) groups excluding carboxylic acids is 4. The second-order valence-electron chi connectivity index (χ2n) is 15.0. The third-order valence-electron chi connectivity index (χ3n) is 9.00. The van der Waals surface area contributed by atoms with E-state index in [1.807, 2.05) is 42.7 Å². The SMILES string of the molecule is CC(C)n1c(O[C@@H]2C[C@@H](C(N)=O)N(C(=O)[C@H](CCCCC/C=C\[C@@H]3C[C@@H]3C(=O)NS(=O)(=O)N(C)C)NC(=O)OC(C)(C)C)C2)nc2c(N)cccc21. The number of likely N-dealkylation sites (tertiary alicyclic amines) is 1. The number of nitrogens with zero attached hydrogens (tertiary/aromatic N) is 4. The number of imidazole rings is 1. The van der Waals surface area contributed by atoms with Gasteiger partial charge in [-0.15, -0.1) is 0 Å². The van der Waals surface area contributed by atoms with Crippen LogP contribution in [0.4, 0.5) is 10.5 Å². The van der Waals surface area contributed by atoms with E-state index in [4.69, 9.17) is 20.9 Å². The average Bonchev–Trinajstić information content (AvgIpc) is 3.52. The highest BCUT2D eigenvalue weighted by Crippen LogP contribution is 2.40. The molecule has 288 valence electrons. The molecule has 2 heterocycles. The number of aromatic nitrogens is 2. The molecule has 0 unspecified atom stereocenters. The third-order valence-corrected chi connectivity index (χ3v) is 10.4. The first kappa shape index (κ1) is 40.4. The summed E-state index contributed by atoms with van der Waals surface area (Å²) in [6, 6.07) is 3.87. The molecule has 1 saturated carbocycles. The van der Waals surface area contributed by atoms with Gasteiger partial charge in [-0.3, -0.25) is 19.0 Å². The summed E-state index contributed by atoms with van der Waals surface area (Å²) in [5.41, 5.74) is 13.1. The van der Waals surface area contributed by atoms with Gasteiger partial charge in [0.05, 0.1) is 17.7 Å². The van der Waals surface area contributed by atoms with Crippen molar-refractivity contribution in [2.24, 2.45) is 17.6 Å². The average molecular weight is 747 g/mol. The molecular weight excluding hydrogens is 692 g/mol. The van der Waals surface area contributed by atoms with E-state index in [1.165, 1.54) is 19.0 Å². The second-order valence-corrected chi connectivity index (χ2v) is 16.9. The number of carbonyl (C=O) groups is 4. The van der Waals surface area contributed by atoms with Crippen molar-refractivity contribution in [2.45, 2.75) is 109 Å². The van der Waals surface area contributed by atoms with Crippen molar-refractivity contribution in [2.75, 3.05) is 26.4 Å². The Labute approximate surface area is 305 Å². The maximum Gasteiger partial charge on any atom is 0.408 e. The molecule has 17 heteroatoms. The lowest BCUT2D eigenvalue weighted by atomic mass is 10.0. The monoisotopic (exact) mass is 746 g/mol. The zero-order valence-electron chi connectivity index (χ0n) is 31.1. The zero-order valence-corrected chi connectivity index (χ0v) is 31.9. The second kappa shape index (κ2) is 16.5. The lowest BCUT2D eigenvalue weighted by molar-refractivity contribution is -0.139. The highest BCUT2D eigenvalue weighted by molar-refractivity contribution is 7.87. The molecule has 0 radical (unpaired) electrons. The summed E-state index contributed by atoms with van der Waals surface area (Å²) >= 11 is 0. The minimum atomic E-state index is -3.82. The van der Waals surface area contributed by atoms with Crippen LogP contribution >= 0.6 is 0 Å². The van der Waals surface area contributed by atoms with Gasteiger partial charge in [-0.1, -0.05) is 31.1 Å². The number of rotatable bonds is 16. The lowest BCUT2D eigenvalue weighted by Gasteiger charge is -2.28. The molecule has 16 nitrogen and oxygen atoms in total. The van der Waals surface area contributed by atoms with Gasteiger partial charge >= 0.3 is 16.3 Å². The summed E-state index contributed by atoms with van der Waals surface area (Å²) in [4.78, 5) is 57.8. The van der Waals surface area contributed by atoms with Gasteiger partial charge in [0, 0.05) is 32.5 Å². The van der Waals surface area contributed by atoms with Crippen LogP contribution in [0.5, 0.6) is 6.01 Å². The number of anilines is 1. The van der Waals surface area contributed by atoms with Gasteiger partial charge in [0.15, 0.2) is 0 Å². The van der Waals surface area contributed by atoms with Crippen LogP contribution in [-0.4, -0.2) is 95.4 Å². The Morgan fingerprint density at radius 3 is 2.46 bits per heavy atom. The Morgan fingerprint density at radius 2 is 1.83 bits per heavy atom. The Morgan fingerprint density at radius 1 is 1.12 bits per heavy atom. The van der Waals surface area contributed by atoms with Crippen LogP contribution in [0.25, 0.3) is 11.0 Å². The van der Waals surface area contributed by atoms with Crippen molar-refractivity contribution in [3.8, 4) is 6.01 Å². The van der Waals surface area contributed by atoms with Crippen LogP contribution in [0.15, 0.2) is 30.4 Å². The van der Waals surface area contributed by atoms with Gasteiger partial charge in [-0.25, -0.2) is 9.52 Å². The van der Waals surface area contributed by atoms with Crippen molar-refractivity contribution in [3.63, 3.8) is 0 Å². The van der Waals surface area contributed by atoms with Gasteiger partial charge in [0.1, 0.15) is 29.3 Å². The molecule has 1 aromatic carbocycles. The quantitative estimate of drug-likeness (QED) is 0.112. The van der Waals surface area contributed by atoms with E-state index in [0.717, 1.165) is 29.1 Å². The topological polar surface area (TPSA) is 221 Å². The number of amides is 4. The molecule has 4 amide bonds. The molecule has 2 aliphatic rings. The summed E-state index contributed by atoms with van der Waals surface area (Å²) < 4.78 is 40.5. The predicted octanol–water partition coefficient (Wildman–Crippen LogP) is 2.99. The van der Waals surface area contributed by atoms with E-state index in [0.29, 0.717) is 36.5 Å². The normalized spacial score (nSPS) is 21.1. The number of benzene rings is 1. The van der Waals surface area contributed by atoms with E-state index in [1.54, 1.807) is 26.8 Å². The number of primary amides is 1. The summed E-state index contributed by atoms with van der Waals surface area (Å²) in [5, 5.41) is 2.71. The molecule has 1 aromatic heterocycles. The number of ether oxygens (including phenoxy) is 2. The van der Waals surface area contributed by atoms with Crippen LogP contribution in [-0.2, 0) is 29.3 Å². The minimum absolute atomic E-state index is 0.00787. The number of fused-ring (bicyclic) bond motifs is 1. The molecule has 1 saturated heterocycles. The molecule has 2 fully saturated rings. The van der Waals surface area contributed by atoms with E-state index >= 15 is 0 Å². The summed E-state index contributed by atoms with van der Waals surface area (Å²) in [6.07, 6.45) is 6.43. The molecule has 6 N–H and O–H groups in total. The maximum atomic E-state index is 14.0. The Hall–Kier alpha value is -4.38. The Kier molecular flexibility index (Phi) is 12.8. The van der Waals surface area contributed by atoms with Crippen LogP contribution in [0.1, 0.15) is 85.6 Å².